The van der Waals surface area contributed by atoms with E-state index in [-0.39, 0.29) is 31.5 Å². The van der Waals surface area contributed by atoms with Crippen LogP contribution in [-0.4, -0.2) is 42.9 Å². The SMILES string of the molecule is CN1C(=O)[C@@H](N)COc2ccc(OCC#CC3(O)CCCCC3)cc21.Cl. The van der Waals surface area contributed by atoms with Crippen LogP contribution in [0.2, 0.25) is 0 Å². The van der Waals surface area contributed by atoms with E-state index in [0.29, 0.717) is 17.2 Å². The van der Waals surface area contributed by atoms with Gasteiger partial charge in [0.1, 0.15) is 36.4 Å². The van der Waals surface area contributed by atoms with Gasteiger partial charge in [-0.25, -0.2) is 0 Å². The van der Waals surface area contributed by atoms with E-state index in [1.54, 1.807) is 25.2 Å². The predicted molar refractivity (Wildman–Crippen MR) is 102 cm³/mol. The van der Waals surface area contributed by atoms with Crippen LogP contribution in [0.5, 0.6) is 11.5 Å². The van der Waals surface area contributed by atoms with E-state index in [1.165, 1.54) is 4.90 Å². The molecule has 7 heteroatoms. The third-order valence-electron chi connectivity index (χ3n) is 4.67. The highest BCUT2D eigenvalue weighted by Crippen LogP contribution is 2.34. The third kappa shape index (κ3) is 4.61. The maximum absolute atomic E-state index is 12.1. The first kappa shape index (κ1) is 20.4. The Morgan fingerprint density at radius 2 is 2.12 bits per heavy atom. The normalized spacial score (nSPS) is 21.3. The van der Waals surface area contributed by atoms with Gasteiger partial charge in [-0.2, -0.15) is 0 Å². The molecule has 1 atom stereocenters. The van der Waals surface area contributed by atoms with Gasteiger partial charge in [0.2, 0.25) is 5.91 Å². The van der Waals surface area contributed by atoms with E-state index < -0.39 is 11.6 Å². The van der Waals surface area contributed by atoms with Gasteiger partial charge in [-0.3, -0.25) is 4.79 Å². The number of fused-ring (bicyclic) bond motifs is 1. The summed E-state index contributed by atoms with van der Waals surface area (Å²) in [6.45, 7) is 0.333. The number of aliphatic hydroxyl groups is 1. The summed E-state index contributed by atoms with van der Waals surface area (Å²) in [7, 11) is 1.66. The molecule has 142 valence electrons. The molecule has 1 aliphatic heterocycles. The van der Waals surface area contributed by atoms with E-state index in [1.807, 2.05) is 0 Å². The lowest BCUT2D eigenvalue weighted by atomic mass is 9.85. The molecule has 1 fully saturated rings. The highest BCUT2D eigenvalue weighted by atomic mass is 35.5. The molecule has 26 heavy (non-hydrogen) atoms. The van der Waals surface area contributed by atoms with Gasteiger partial charge in [0.25, 0.3) is 0 Å². The summed E-state index contributed by atoms with van der Waals surface area (Å²) in [5.74, 6) is 6.83. The van der Waals surface area contributed by atoms with E-state index >= 15 is 0 Å². The second-order valence-electron chi connectivity index (χ2n) is 6.63. The summed E-state index contributed by atoms with van der Waals surface area (Å²) in [6.07, 6.45) is 4.64. The highest BCUT2D eigenvalue weighted by molar-refractivity contribution is 5.98. The van der Waals surface area contributed by atoms with Crippen LogP contribution in [0.1, 0.15) is 32.1 Å². The van der Waals surface area contributed by atoms with Gasteiger partial charge in [-0.15, -0.1) is 12.4 Å². The smallest absolute Gasteiger partial charge is 0.247 e. The van der Waals surface area contributed by atoms with Crippen molar-refractivity contribution in [3.63, 3.8) is 0 Å². The van der Waals surface area contributed by atoms with Crippen molar-refractivity contribution in [3.05, 3.63) is 18.2 Å². The number of amides is 1. The van der Waals surface area contributed by atoms with Gasteiger partial charge in [-0.1, -0.05) is 18.3 Å². The molecule has 1 heterocycles. The average Bonchev–Trinajstić information content (AvgIpc) is 2.72. The zero-order valence-corrected chi connectivity index (χ0v) is 15.7. The molecule has 1 aromatic carbocycles. The van der Waals surface area contributed by atoms with Crippen molar-refractivity contribution < 1.29 is 19.4 Å². The fourth-order valence-electron chi connectivity index (χ4n) is 3.17. The summed E-state index contributed by atoms with van der Waals surface area (Å²) >= 11 is 0. The molecule has 6 nitrogen and oxygen atoms in total. The number of rotatable bonds is 2. The zero-order chi connectivity index (χ0) is 17.9. The summed E-state index contributed by atoms with van der Waals surface area (Å²) in [5, 5.41) is 10.3. The molecule has 0 radical (unpaired) electrons. The zero-order valence-electron chi connectivity index (χ0n) is 14.9. The third-order valence-corrected chi connectivity index (χ3v) is 4.67. The van der Waals surface area contributed by atoms with Crippen LogP contribution in [-0.2, 0) is 4.79 Å². The largest absolute Gasteiger partial charge is 0.489 e. The van der Waals surface area contributed by atoms with E-state index in [0.717, 1.165) is 32.1 Å². The standard InChI is InChI=1S/C19H24N2O4.ClH/c1-21-16-12-14(6-7-17(16)25-13-15(20)18(21)22)24-11-5-10-19(23)8-3-2-4-9-19;/h6-7,12,15,23H,2-4,8-9,11,13,20H2,1H3;1H/t15-;/m0./s1. The van der Waals surface area contributed by atoms with Crippen molar-refractivity contribution >= 4 is 24.0 Å². The van der Waals surface area contributed by atoms with Gasteiger partial charge < -0.3 is 25.2 Å². The molecule has 1 aliphatic carbocycles. The van der Waals surface area contributed by atoms with E-state index in [2.05, 4.69) is 11.8 Å². The van der Waals surface area contributed by atoms with Crippen molar-refractivity contribution in [2.75, 3.05) is 25.2 Å². The number of hydrogen-bond acceptors (Lipinski definition) is 5. The molecule has 3 rings (SSSR count). The second kappa shape index (κ2) is 8.63. The van der Waals surface area contributed by atoms with Crippen molar-refractivity contribution in [3.8, 4) is 23.3 Å². The molecule has 0 unspecified atom stereocenters. The van der Waals surface area contributed by atoms with Crippen LogP contribution in [0.15, 0.2) is 18.2 Å². The van der Waals surface area contributed by atoms with Gasteiger partial charge in [0, 0.05) is 13.1 Å². The van der Waals surface area contributed by atoms with Crippen molar-refractivity contribution in [1.82, 2.24) is 0 Å². The number of carbonyl (C=O) groups is 1. The molecule has 0 bridgehead atoms. The monoisotopic (exact) mass is 380 g/mol. The van der Waals surface area contributed by atoms with Gasteiger partial charge >= 0.3 is 0 Å². The second-order valence-corrected chi connectivity index (χ2v) is 6.63. The van der Waals surface area contributed by atoms with Gasteiger partial charge in [-0.05, 0) is 37.8 Å². The topological polar surface area (TPSA) is 85.0 Å². The van der Waals surface area contributed by atoms with Crippen molar-refractivity contribution in [2.24, 2.45) is 5.73 Å². The summed E-state index contributed by atoms with van der Waals surface area (Å²) in [4.78, 5) is 13.6. The number of likely N-dealkylation sites (N-methyl/N-ethyl adjacent to an activating group) is 1. The number of anilines is 1. The van der Waals surface area contributed by atoms with Crippen LogP contribution >= 0.6 is 12.4 Å². The number of benzene rings is 1. The maximum atomic E-state index is 12.1. The molecular formula is C19H25ClN2O4. The Morgan fingerprint density at radius 1 is 1.38 bits per heavy atom. The van der Waals surface area contributed by atoms with E-state index in [9.17, 15) is 9.90 Å². The molecule has 1 saturated carbocycles. The molecule has 0 aromatic heterocycles. The molecule has 3 N–H and O–H groups in total. The van der Waals surface area contributed by atoms with Gasteiger partial charge in [0.05, 0.1) is 5.69 Å². The predicted octanol–water partition coefficient (Wildman–Crippen LogP) is 1.87. The Morgan fingerprint density at radius 3 is 2.85 bits per heavy atom. The maximum Gasteiger partial charge on any atom is 0.247 e. The van der Waals surface area contributed by atoms with Crippen LogP contribution in [0.25, 0.3) is 0 Å². The molecule has 1 amide bonds. The minimum absolute atomic E-state index is 0. The summed E-state index contributed by atoms with van der Waals surface area (Å²) in [5.41, 5.74) is 5.53. The number of nitrogens with two attached hydrogens (primary N) is 1. The number of carbonyl (C=O) groups excluding carboxylic acids is 1. The number of hydrogen-bond donors (Lipinski definition) is 2. The Balaban J connectivity index is 0.00000243. The van der Waals surface area contributed by atoms with Crippen molar-refractivity contribution in [2.45, 2.75) is 43.7 Å². The molecule has 1 aromatic rings. The van der Waals surface area contributed by atoms with Crippen LogP contribution in [0, 0.1) is 11.8 Å². The lowest BCUT2D eigenvalue weighted by molar-refractivity contribution is -0.119. The fraction of sp³-hybridized carbons (Fsp3) is 0.526. The van der Waals surface area contributed by atoms with Crippen LogP contribution in [0.3, 0.4) is 0 Å². The highest BCUT2D eigenvalue weighted by Gasteiger charge is 2.27. The average molecular weight is 381 g/mol. The lowest BCUT2D eigenvalue weighted by Crippen LogP contribution is -2.43. The minimum atomic E-state index is -0.869. The van der Waals surface area contributed by atoms with E-state index in [4.69, 9.17) is 15.2 Å². The summed E-state index contributed by atoms with van der Waals surface area (Å²) < 4.78 is 11.2. The van der Waals surface area contributed by atoms with Crippen molar-refractivity contribution in [1.29, 1.82) is 0 Å². The van der Waals surface area contributed by atoms with Crippen LogP contribution in [0.4, 0.5) is 5.69 Å². The first-order valence-electron chi connectivity index (χ1n) is 8.64. The summed E-state index contributed by atoms with van der Waals surface area (Å²) in [6, 6.07) is 4.59. The molecule has 2 aliphatic rings. The Bertz CT molecular complexity index is 707. The number of halogens is 1. The number of ether oxygens (including phenoxy) is 2. The Hall–Kier alpha value is -1.94. The first-order valence-corrected chi connectivity index (χ1v) is 8.64. The van der Waals surface area contributed by atoms with Gasteiger partial charge in [0.15, 0.2) is 0 Å². The Labute approximate surface area is 160 Å². The Kier molecular flexibility index (Phi) is 6.76. The molecular weight excluding hydrogens is 356 g/mol. The molecule has 0 saturated heterocycles. The van der Waals surface area contributed by atoms with Crippen LogP contribution < -0.4 is 20.1 Å². The number of nitrogens with zero attached hydrogens (tertiary/aromatic N) is 1. The lowest BCUT2D eigenvalue weighted by Gasteiger charge is -2.26. The quantitative estimate of drug-likeness (QED) is 0.765. The minimum Gasteiger partial charge on any atom is -0.489 e. The fourth-order valence-corrected chi connectivity index (χ4v) is 3.17. The molecule has 0 spiro atoms. The first-order chi connectivity index (χ1) is 12.0.